The minimum Gasteiger partial charge on any atom is -0.493 e. The smallest absolute Gasteiger partial charge is 0.243 e. The number of rotatable bonds is 22. The highest BCUT2D eigenvalue weighted by atomic mass is 32.2. The standard InChI is InChI=1S/C33H49N9O7S/c1-48-26-12-11-21(18-27(26)49-2)16-22(34)30(45)42-24(10-7-14-38-33(36)37)31(46)39-19-28(43)40-25(17-20-8-5-4-6-9-20)32(47)41-23(29(35)44)13-15-50-3/h4-6,8-9,11-12,18,22-25H,7,10,13-17,19,34H2,1-3H3,(H2,35,44)(H,39,46)(H,40,43)(H,41,47)(H,42,45)(H4,36,37,38)/t22-,23-,24+,25-/m0/s1. The number of carbonyl (C=O) groups is 5. The minimum atomic E-state index is -1.09. The van der Waals surface area contributed by atoms with E-state index in [1.165, 1.54) is 26.0 Å². The average molecular weight is 716 g/mol. The number of guanidine groups is 1. The van der Waals surface area contributed by atoms with Gasteiger partial charge in [-0.05, 0) is 61.0 Å². The van der Waals surface area contributed by atoms with E-state index in [1.54, 1.807) is 42.5 Å². The van der Waals surface area contributed by atoms with Crippen molar-refractivity contribution in [3.63, 3.8) is 0 Å². The topological polar surface area (TPSA) is 266 Å². The number of amides is 5. The van der Waals surface area contributed by atoms with Gasteiger partial charge in [-0.15, -0.1) is 0 Å². The predicted molar refractivity (Wildman–Crippen MR) is 192 cm³/mol. The van der Waals surface area contributed by atoms with Gasteiger partial charge in [0, 0.05) is 13.0 Å². The van der Waals surface area contributed by atoms with Gasteiger partial charge in [0.2, 0.25) is 29.5 Å². The van der Waals surface area contributed by atoms with Gasteiger partial charge in [0.15, 0.2) is 17.5 Å². The molecule has 50 heavy (non-hydrogen) atoms. The highest BCUT2D eigenvalue weighted by Gasteiger charge is 2.28. The Labute approximate surface area is 296 Å². The van der Waals surface area contributed by atoms with Crippen molar-refractivity contribution in [1.82, 2.24) is 26.6 Å². The Hall–Kier alpha value is -5.03. The summed E-state index contributed by atoms with van der Waals surface area (Å²) in [5, 5.41) is 20.4. The number of nitrogens with one attached hydrogen (secondary N) is 6. The lowest BCUT2D eigenvalue weighted by molar-refractivity contribution is -0.132. The SMILES string of the molecule is COc1ccc(C[C@H](N)C(=O)N[C@H](CCCNC(=N)N)C(=O)NCC(=O)N[C@@H](Cc2ccccc2)C(=O)N[C@@H](CCSC)C(N)=O)cc1OC. The molecule has 17 heteroatoms. The summed E-state index contributed by atoms with van der Waals surface area (Å²) in [5.41, 5.74) is 18.5. The molecule has 274 valence electrons. The van der Waals surface area contributed by atoms with Gasteiger partial charge in [0.1, 0.15) is 18.1 Å². The van der Waals surface area contributed by atoms with Crippen LogP contribution in [0.3, 0.4) is 0 Å². The van der Waals surface area contributed by atoms with E-state index in [4.69, 9.17) is 32.1 Å². The number of carbonyl (C=O) groups excluding carboxylic acids is 5. The number of hydrogen-bond acceptors (Lipinski definition) is 10. The molecule has 16 nitrogen and oxygen atoms in total. The molecule has 2 rings (SSSR count). The molecule has 12 N–H and O–H groups in total. The second-order valence-corrected chi connectivity index (χ2v) is 12.3. The minimum absolute atomic E-state index is 0.111. The van der Waals surface area contributed by atoms with Crippen LogP contribution in [0.5, 0.6) is 11.5 Å². The second-order valence-electron chi connectivity index (χ2n) is 11.3. The number of hydrogen-bond donors (Lipinski definition) is 9. The number of methoxy groups -OCH3 is 2. The van der Waals surface area contributed by atoms with E-state index in [1.807, 2.05) is 12.3 Å². The fourth-order valence-electron chi connectivity index (χ4n) is 4.82. The van der Waals surface area contributed by atoms with Gasteiger partial charge < -0.3 is 53.3 Å². The van der Waals surface area contributed by atoms with Crippen molar-refractivity contribution in [2.75, 3.05) is 39.3 Å². The summed E-state index contributed by atoms with van der Waals surface area (Å²) in [6.07, 6.45) is 2.89. The Morgan fingerprint density at radius 2 is 1.46 bits per heavy atom. The highest BCUT2D eigenvalue weighted by molar-refractivity contribution is 7.98. The molecule has 0 aliphatic carbocycles. The quantitative estimate of drug-likeness (QED) is 0.0401. The summed E-state index contributed by atoms with van der Waals surface area (Å²) < 4.78 is 10.6. The largest absolute Gasteiger partial charge is 0.493 e. The third kappa shape index (κ3) is 14.6. The second kappa shape index (κ2) is 21.8. The van der Waals surface area contributed by atoms with Gasteiger partial charge in [-0.1, -0.05) is 36.4 Å². The fraction of sp³-hybridized carbons (Fsp3) is 0.455. The molecule has 0 unspecified atom stereocenters. The van der Waals surface area contributed by atoms with Crippen molar-refractivity contribution in [1.29, 1.82) is 5.41 Å². The molecule has 4 atom stereocenters. The molecule has 0 spiro atoms. The van der Waals surface area contributed by atoms with Gasteiger partial charge in [0.25, 0.3) is 0 Å². The first-order valence-corrected chi connectivity index (χ1v) is 17.3. The molecular formula is C33H49N9O7S. The molecule has 0 bridgehead atoms. The predicted octanol–water partition coefficient (Wildman–Crippen LogP) is -1.11. The van der Waals surface area contributed by atoms with Crippen LogP contribution in [0.1, 0.15) is 30.4 Å². The zero-order valence-electron chi connectivity index (χ0n) is 28.6. The maximum Gasteiger partial charge on any atom is 0.243 e. The molecule has 0 radical (unpaired) electrons. The summed E-state index contributed by atoms with van der Waals surface area (Å²) in [4.78, 5) is 64.7. The summed E-state index contributed by atoms with van der Waals surface area (Å²) >= 11 is 1.49. The monoisotopic (exact) mass is 715 g/mol. The first kappa shape index (κ1) is 41.1. The van der Waals surface area contributed by atoms with E-state index in [0.29, 0.717) is 35.7 Å². The van der Waals surface area contributed by atoms with Gasteiger partial charge in [0.05, 0.1) is 26.8 Å². The first-order valence-electron chi connectivity index (χ1n) is 15.9. The van der Waals surface area contributed by atoms with Crippen LogP contribution < -0.4 is 53.3 Å². The van der Waals surface area contributed by atoms with Crippen molar-refractivity contribution in [2.45, 2.75) is 56.3 Å². The third-order valence-electron chi connectivity index (χ3n) is 7.49. The lowest BCUT2D eigenvalue weighted by atomic mass is 10.0. The molecule has 0 saturated heterocycles. The van der Waals surface area contributed by atoms with Gasteiger partial charge in [-0.3, -0.25) is 29.4 Å². The van der Waals surface area contributed by atoms with Gasteiger partial charge in [-0.2, -0.15) is 11.8 Å². The molecule has 0 saturated carbocycles. The molecule has 0 fully saturated rings. The zero-order chi connectivity index (χ0) is 37.1. The van der Waals surface area contributed by atoms with Crippen LogP contribution in [0.15, 0.2) is 48.5 Å². The van der Waals surface area contributed by atoms with Crippen molar-refractivity contribution >= 4 is 47.3 Å². The van der Waals surface area contributed by atoms with E-state index in [2.05, 4.69) is 26.6 Å². The molecular weight excluding hydrogens is 666 g/mol. The van der Waals surface area contributed by atoms with Crippen molar-refractivity contribution < 1.29 is 33.4 Å². The Bertz CT molecular complexity index is 1450. The lowest BCUT2D eigenvalue weighted by Gasteiger charge is -2.23. The van der Waals surface area contributed by atoms with Gasteiger partial charge in [-0.25, -0.2) is 0 Å². The first-order chi connectivity index (χ1) is 23.9. The van der Waals surface area contributed by atoms with Crippen molar-refractivity contribution in [3.8, 4) is 11.5 Å². The van der Waals surface area contributed by atoms with E-state index in [0.717, 1.165) is 5.56 Å². The maximum atomic E-state index is 13.3. The zero-order valence-corrected chi connectivity index (χ0v) is 29.4. The van der Waals surface area contributed by atoms with E-state index < -0.39 is 60.2 Å². The molecule has 2 aromatic rings. The summed E-state index contributed by atoms with van der Waals surface area (Å²) in [7, 11) is 3.00. The summed E-state index contributed by atoms with van der Waals surface area (Å²) in [6.45, 7) is -0.258. The van der Waals surface area contributed by atoms with Crippen LogP contribution >= 0.6 is 11.8 Å². The Morgan fingerprint density at radius 3 is 2.08 bits per heavy atom. The molecule has 5 amide bonds. The van der Waals surface area contributed by atoms with Crippen LogP contribution in [-0.4, -0.2) is 99.0 Å². The van der Waals surface area contributed by atoms with Crippen LogP contribution in [-0.2, 0) is 36.8 Å². The summed E-state index contributed by atoms with van der Waals surface area (Å²) in [5.74, 6) is -1.92. The van der Waals surface area contributed by atoms with Crippen LogP contribution in [0.2, 0.25) is 0 Å². The van der Waals surface area contributed by atoms with E-state index >= 15 is 0 Å². The number of nitrogens with two attached hydrogens (primary N) is 3. The number of ether oxygens (including phenoxy) is 2. The van der Waals surface area contributed by atoms with Crippen molar-refractivity contribution in [3.05, 3.63) is 59.7 Å². The number of primary amides is 1. The molecule has 0 heterocycles. The molecule has 2 aromatic carbocycles. The van der Waals surface area contributed by atoms with E-state index in [9.17, 15) is 24.0 Å². The van der Waals surface area contributed by atoms with Crippen molar-refractivity contribution in [2.24, 2.45) is 17.2 Å². The van der Waals surface area contributed by atoms with Crippen LogP contribution in [0.4, 0.5) is 0 Å². The van der Waals surface area contributed by atoms with Gasteiger partial charge >= 0.3 is 0 Å². The normalized spacial score (nSPS) is 13.0. The lowest BCUT2D eigenvalue weighted by Crippen LogP contribution is -2.56. The maximum absolute atomic E-state index is 13.3. The Morgan fingerprint density at radius 1 is 0.780 bits per heavy atom. The highest BCUT2D eigenvalue weighted by Crippen LogP contribution is 2.27. The molecule has 0 aliphatic rings. The van der Waals surface area contributed by atoms with E-state index in [-0.39, 0.29) is 31.8 Å². The number of thioether (sulfide) groups is 1. The van der Waals surface area contributed by atoms with Crippen LogP contribution in [0.25, 0.3) is 0 Å². The number of benzene rings is 2. The van der Waals surface area contributed by atoms with Crippen LogP contribution in [0, 0.1) is 5.41 Å². The molecule has 0 aliphatic heterocycles. The Kier molecular flexibility index (Phi) is 18.0. The summed E-state index contributed by atoms with van der Waals surface area (Å²) in [6, 6.07) is 9.98. The Balaban J connectivity index is 2.11. The fourth-order valence-corrected chi connectivity index (χ4v) is 5.29. The third-order valence-corrected chi connectivity index (χ3v) is 8.13. The average Bonchev–Trinajstić information content (AvgIpc) is 3.09. The molecule has 0 aromatic heterocycles.